The van der Waals surface area contributed by atoms with Crippen molar-refractivity contribution in [2.24, 2.45) is 0 Å². The Labute approximate surface area is 449 Å². The second-order valence-electron chi connectivity index (χ2n) is 23.4. The Morgan fingerprint density at radius 3 is 1.00 bits per heavy atom. The third kappa shape index (κ3) is 16.6. The second-order valence-corrected chi connectivity index (χ2v) is 23.4. The topological polar surface area (TPSA) is 207 Å². The lowest BCUT2D eigenvalue weighted by Gasteiger charge is -2.27. The molecule has 16 nitrogen and oxygen atoms in total. The second kappa shape index (κ2) is 24.9. The summed E-state index contributed by atoms with van der Waals surface area (Å²) in [5.74, 6) is 0.343. The summed E-state index contributed by atoms with van der Waals surface area (Å²) in [4.78, 5) is 52.1. The van der Waals surface area contributed by atoms with Gasteiger partial charge < -0.3 is 58.7 Å². The number of benzene rings is 4. The summed E-state index contributed by atoms with van der Waals surface area (Å²) in [6.45, 7) is 27.0. The number of carbonyl (C=O) groups is 4. The van der Waals surface area contributed by atoms with Crippen molar-refractivity contribution in [3.05, 3.63) is 104 Å². The van der Waals surface area contributed by atoms with E-state index in [0.29, 0.717) is 71.3 Å². The van der Waals surface area contributed by atoms with Crippen molar-refractivity contribution in [1.82, 2.24) is 10.6 Å². The number of fused-ring (bicyclic) bond motifs is 8. The number of methoxy groups -OCH3 is 2. The Kier molecular flexibility index (Phi) is 19.7. The molecular formula is C60H82N2O14. The number of hydrogen-bond acceptors (Lipinski definition) is 14. The summed E-state index contributed by atoms with van der Waals surface area (Å²) in [5.41, 5.74) is 4.52. The summed E-state index contributed by atoms with van der Waals surface area (Å²) < 4.78 is 47.2. The quantitative estimate of drug-likeness (QED) is 0.0536. The summed E-state index contributed by atoms with van der Waals surface area (Å²) in [6.07, 6.45) is 0.376. The van der Waals surface area contributed by atoms with Crippen LogP contribution < -0.4 is 29.6 Å². The summed E-state index contributed by atoms with van der Waals surface area (Å²) in [7, 11) is 2.44. The van der Waals surface area contributed by atoms with Crippen LogP contribution in [0.3, 0.4) is 0 Å². The highest BCUT2D eigenvalue weighted by Gasteiger charge is 2.31. The maximum Gasteiger partial charge on any atom is 0.408 e. The van der Waals surface area contributed by atoms with Crippen molar-refractivity contribution in [2.45, 2.75) is 170 Å². The highest BCUT2D eigenvalue weighted by Crippen LogP contribution is 2.43. The molecule has 4 aromatic carbocycles. The van der Waals surface area contributed by atoms with E-state index in [-0.39, 0.29) is 61.2 Å². The zero-order chi connectivity index (χ0) is 56.5. The molecule has 16 heteroatoms. The van der Waals surface area contributed by atoms with E-state index in [1.54, 1.807) is 65.8 Å². The van der Waals surface area contributed by atoms with Gasteiger partial charge in [0.1, 0.15) is 58.9 Å². The predicted molar refractivity (Wildman–Crippen MR) is 291 cm³/mol. The number of rotatable bonds is 16. The fraction of sp³-hybridized carbons (Fsp3) is 0.533. The van der Waals surface area contributed by atoms with E-state index in [0.717, 1.165) is 33.4 Å². The van der Waals surface area contributed by atoms with Gasteiger partial charge >= 0.3 is 24.1 Å². The molecule has 416 valence electrons. The molecule has 4 aromatic rings. The number of phenolic OH excluding ortho intramolecular Hbond substituents is 2. The zero-order valence-corrected chi connectivity index (χ0v) is 47.6. The molecule has 0 aliphatic heterocycles. The molecule has 0 unspecified atom stereocenters. The molecular weight excluding hydrogens is 973 g/mol. The van der Waals surface area contributed by atoms with Crippen molar-refractivity contribution in [3.63, 3.8) is 0 Å². The Balaban J connectivity index is 1.81. The maximum atomic E-state index is 13.1. The van der Waals surface area contributed by atoms with Crippen molar-refractivity contribution >= 4 is 24.1 Å². The molecule has 2 amide bonds. The number of aromatic hydroxyl groups is 2. The SMILES string of the molecule is CCCOc1c2cc(C(C)(C)C)cc1Cc1cc(OC[C@H](NC(=O)OC(C)(C)C)C(=O)OC)cc(c1O)Cc1cc(C(C)(C)C)cc(c1OCCC)Cc1cc(OC[C@H](NC(=O)OC(C)(C)C)C(=O)OC)cc(c1O)C2. The lowest BCUT2D eigenvalue weighted by molar-refractivity contribution is -0.144. The molecule has 0 radical (unpaired) electrons. The first-order valence-electron chi connectivity index (χ1n) is 26.1. The minimum absolute atomic E-state index is 0.0280. The van der Waals surface area contributed by atoms with Gasteiger partial charge in [0, 0.05) is 47.9 Å². The number of carbonyl (C=O) groups excluding carboxylic acids is 4. The van der Waals surface area contributed by atoms with Crippen molar-refractivity contribution in [3.8, 4) is 34.5 Å². The first-order valence-corrected chi connectivity index (χ1v) is 26.1. The van der Waals surface area contributed by atoms with Crippen LogP contribution in [0.15, 0.2) is 48.5 Å². The Hall–Kier alpha value is -6.84. The molecule has 0 fully saturated rings. The molecule has 76 heavy (non-hydrogen) atoms. The lowest BCUT2D eigenvalue weighted by atomic mass is 9.81. The van der Waals surface area contributed by atoms with Crippen molar-refractivity contribution in [2.75, 3.05) is 40.6 Å². The van der Waals surface area contributed by atoms with Crippen LogP contribution in [0.5, 0.6) is 34.5 Å². The van der Waals surface area contributed by atoms with Gasteiger partial charge in [-0.25, -0.2) is 19.2 Å². The highest BCUT2D eigenvalue weighted by atomic mass is 16.6. The van der Waals surface area contributed by atoms with E-state index in [2.05, 4.69) is 76.4 Å². The van der Waals surface area contributed by atoms with Crippen LogP contribution in [0.25, 0.3) is 0 Å². The Morgan fingerprint density at radius 2 is 0.763 bits per heavy atom. The summed E-state index contributed by atoms with van der Waals surface area (Å²) in [5, 5.41) is 30.3. The standard InChI is InChI=1S/C60H82N2O14/c1-17-19-71-51-39-21-35-29-45(73-33-47(53(65)69-15)61-55(67)75-59(9,10)11)31-37(49(35)63)23-41-27-44(58(6,7)8)28-42(52(41)72-20-18-2)24-38-32-46(74-34-48(54(66)70-16)62-56(68)76-60(12,13)14)30-36(50(38)64)22-40(51)26-43(25-39)57(3,4)5/h25-32,47-48,63-64H,17-24,33-34H2,1-16H3,(H,61,67)(H,62,68)/t47-,48-/m0/s1. The van der Waals surface area contributed by atoms with Crippen LogP contribution in [-0.4, -0.2) is 98.3 Å². The smallest absolute Gasteiger partial charge is 0.408 e. The maximum absolute atomic E-state index is 13.1. The average molecular weight is 1060 g/mol. The van der Waals surface area contributed by atoms with Gasteiger partial charge in [-0.15, -0.1) is 0 Å². The summed E-state index contributed by atoms with van der Waals surface area (Å²) in [6, 6.07) is 12.7. The molecule has 2 atom stereocenters. The number of phenols is 2. The number of alkyl carbamates (subject to hydrolysis) is 2. The van der Waals surface area contributed by atoms with E-state index in [1.807, 2.05) is 13.8 Å². The summed E-state index contributed by atoms with van der Waals surface area (Å²) >= 11 is 0. The molecule has 0 spiro atoms. The van der Waals surface area contributed by atoms with E-state index in [9.17, 15) is 29.4 Å². The van der Waals surface area contributed by atoms with Crippen LogP contribution in [0, 0.1) is 0 Å². The van der Waals surface area contributed by atoms with E-state index < -0.39 is 47.4 Å². The lowest BCUT2D eigenvalue weighted by Crippen LogP contribution is -2.47. The Bertz CT molecular complexity index is 2440. The Morgan fingerprint density at radius 1 is 0.474 bits per heavy atom. The largest absolute Gasteiger partial charge is 0.507 e. The number of amides is 2. The van der Waals surface area contributed by atoms with Gasteiger partial charge in [-0.3, -0.25) is 0 Å². The van der Waals surface area contributed by atoms with Crippen LogP contribution in [0.4, 0.5) is 9.59 Å². The highest BCUT2D eigenvalue weighted by molar-refractivity contribution is 5.82. The van der Waals surface area contributed by atoms with Gasteiger partial charge in [0.25, 0.3) is 0 Å². The molecule has 0 saturated heterocycles. The minimum Gasteiger partial charge on any atom is -0.507 e. The number of ether oxygens (including phenoxy) is 8. The van der Waals surface area contributed by atoms with Crippen LogP contribution in [-0.2, 0) is 65.0 Å². The monoisotopic (exact) mass is 1050 g/mol. The van der Waals surface area contributed by atoms with Gasteiger partial charge in [0.2, 0.25) is 0 Å². The molecule has 4 N–H and O–H groups in total. The molecule has 0 aromatic heterocycles. The number of hydrogen-bond donors (Lipinski definition) is 4. The molecule has 0 heterocycles. The van der Waals surface area contributed by atoms with Crippen molar-refractivity contribution in [1.29, 1.82) is 0 Å². The first-order chi connectivity index (χ1) is 35.4. The normalized spacial score (nSPS) is 13.6. The van der Waals surface area contributed by atoms with Crippen LogP contribution in [0.2, 0.25) is 0 Å². The predicted octanol–water partition coefficient (Wildman–Crippen LogP) is 10.8. The van der Waals surface area contributed by atoms with E-state index >= 15 is 0 Å². The minimum atomic E-state index is -1.24. The van der Waals surface area contributed by atoms with Gasteiger partial charge in [-0.2, -0.15) is 0 Å². The fourth-order valence-electron chi connectivity index (χ4n) is 8.54. The first kappa shape index (κ1) is 60.0. The molecule has 5 rings (SSSR count). The molecule has 8 bridgehead atoms. The molecule has 0 saturated carbocycles. The van der Waals surface area contributed by atoms with Gasteiger partial charge in [0.05, 0.1) is 27.4 Å². The van der Waals surface area contributed by atoms with E-state index in [1.165, 1.54) is 14.2 Å². The number of esters is 2. The average Bonchev–Trinajstić information content (AvgIpc) is 3.30. The fourth-order valence-corrected chi connectivity index (χ4v) is 8.54. The molecule has 1 aliphatic carbocycles. The van der Waals surface area contributed by atoms with Crippen molar-refractivity contribution < 1.29 is 67.3 Å². The van der Waals surface area contributed by atoms with Crippen LogP contribution >= 0.6 is 0 Å². The van der Waals surface area contributed by atoms with Gasteiger partial charge in [0.15, 0.2) is 12.1 Å². The van der Waals surface area contributed by atoms with Gasteiger partial charge in [-0.05, 0) is 123 Å². The van der Waals surface area contributed by atoms with Gasteiger partial charge in [-0.1, -0.05) is 79.7 Å². The third-order valence-electron chi connectivity index (χ3n) is 12.3. The molecule has 1 aliphatic rings. The van der Waals surface area contributed by atoms with Crippen LogP contribution in [0.1, 0.15) is 165 Å². The zero-order valence-electron chi connectivity index (χ0n) is 47.6. The third-order valence-corrected chi connectivity index (χ3v) is 12.3. The number of nitrogens with one attached hydrogen (secondary N) is 2. The van der Waals surface area contributed by atoms with E-state index in [4.69, 9.17) is 37.9 Å².